The van der Waals surface area contributed by atoms with Crippen LogP contribution in [0.5, 0.6) is 0 Å². The van der Waals surface area contributed by atoms with Gasteiger partial charge in [-0.05, 0) is 23.8 Å². The second kappa shape index (κ2) is 8.41. The van der Waals surface area contributed by atoms with E-state index in [4.69, 9.17) is 51.5 Å². The van der Waals surface area contributed by atoms with Crippen molar-refractivity contribution in [3.8, 4) is 11.1 Å². The second-order valence-corrected chi connectivity index (χ2v) is 7.32. The summed E-state index contributed by atoms with van der Waals surface area (Å²) in [4.78, 5) is 23.8. The summed E-state index contributed by atoms with van der Waals surface area (Å²) in [6.45, 7) is 0. The van der Waals surface area contributed by atoms with Crippen molar-refractivity contribution in [3.63, 3.8) is 0 Å². The normalized spacial score (nSPS) is 10.6. The van der Waals surface area contributed by atoms with Crippen LogP contribution < -0.4 is 5.32 Å². The van der Waals surface area contributed by atoms with Crippen LogP contribution in [-0.4, -0.2) is 17.0 Å². The first-order chi connectivity index (χ1) is 13.3. The van der Waals surface area contributed by atoms with Gasteiger partial charge in [-0.1, -0.05) is 82.8 Å². The van der Waals surface area contributed by atoms with E-state index in [-0.39, 0.29) is 36.9 Å². The van der Waals surface area contributed by atoms with Crippen molar-refractivity contribution in [2.45, 2.75) is 0 Å². The van der Waals surface area contributed by atoms with Crippen molar-refractivity contribution >= 4 is 64.0 Å². The van der Waals surface area contributed by atoms with Gasteiger partial charge in [0.05, 0.1) is 36.9 Å². The third-order valence-corrected chi connectivity index (χ3v) is 5.23. The van der Waals surface area contributed by atoms with Crippen LogP contribution >= 0.6 is 46.4 Å². The Morgan fingerprint density at radius 1 is 0.821 bits per heavy atom. The zero-order chi connectivity index (χ0) is 20.4. The van der Waals surface area contributed by atoms with Gasteiger partial charge >= 0.3 is 5.97 Å². The molecule has 0 saturated heterocycles. The summed E-state index contributed by atoms with van der Waals surface area (Å²) >= 11 is 24.9. The fraction of sp³-hybridized carbons (Fsp3) is 0. The highest BCUT2D eigenvalue weighted by molar-refractivity contribution is 6.43. The highest BCUT2D eigenvalue weighted by Crippen LogP contribution is 2.39. The molecule has 0 bridgehead atoms. The Balaban J connectivity index is 2.01. The number of aromatic carboxylic acids is 1. The molecule has 0 radical (unpaired) electrons. The summed E-state index contributed by atoms with van der Waals surface area (Å²) in [7, 11) is 0. The average Bonchev–Trinajstić information content (AvgIpc) is 2.65. The number of carboxylic acids is 1. The molecule has 142 valence electrons. The summed E-state index contributed by atoms with van der Waals surface area (Å²) in [5.74, 6) is -1.88. The van der Waals surface area contributed by atoms with Gasteiger partial charge in [0.25, 0.3) is 5.91 Å². The van der Waals surface area contributed by atoms with Crippen LogP contribution in [0.2, 0.25) is 20.1 Å². The second-order valence-electron chi connectivity index (χ2n) is 5.72. The lowest BCUT2D eigenvalue weighted by Crippen LogP contribution is -2.15. The minimum atomic E-state index is -1.21. The number of hydrogen-bond acceptors (Lipinski definition) is 2. The van der Waals surface area contributed by atoms with Crippen LogP contribution in [0, 0.1) is 0 Å². The Labute approximate surface area is 180 Å². The Bertz CT molecular complexity index is 1060. The zero-order valence-corrected chi connectivity index (χ0v) is 17.0. The van der Waals surface area contributed by atoms with E-state index >= 15 is 0 Å². The first-order valence-electron chi connectivity index (χ1n) is 7.86. The quantitative estimate of drug-likeness (QED) is 0.449. The zero-order valence-electron chi connectivity index (χ0n) is 14.0. The summed E-state index contributed by atoms with van der Waals surface area (Å²) in [6.07, 6.45) is 0. The number of carbonyl (C=O) groups is 2. The molecule has 1 amide bonds. The first-order valence-corrected chi connectivity index (χ1v) is 9.38. The van der Waals surface area contributed by atoms with Gasteiger partial charge in [-0.2, -0.15) is 0 Å². The van der Waals surface area contributed by atoms with Crippen molar-refractivity contribution in [2.24, 2.45) is 0 Å². The first kappa shape index (κ1) is 20.5. The molecule has 0 aliphatic heterocycles. The molecule has 3 aromatic carbocycles. The van der Waals surface area contributed by atoms with Crippen LogP contribution in [0.15, 0.2) is 54.6 Å². The van der Waals surface area contributed by atoms with Gasteiger partial charge in [0.15, 0.2) is 0 Å². The molecule has 0 heterocycles. The van der Waals surface area contributed by atoms with Gasteiger partial charge in [0.1, 0.15) is 0 Å². The molecule has 28 heavy (non-hydrogen) atoms. The number of halogens is 4. The number of nitrogens with one attached hydrogen (secondary N) is 1. The molecule has 0 aromatic heterocycles. The molecule has 0 unspecified atom stereocenters. The fourth-order valence-corrected chi connectivity index (χ4v) is 3.83. The van der Waals surface area contributed by atoms with Gasteiger partial charge in [0, 0.05) is 5.56 Å². The monoisotopic (exact) mass is 453 g/mol. The molecule has 0 aliphatic rings. The average molecular weight is 455 g/mol. The Hall–Kier alpha value is -2.24. The van der Waals surface area contributed by atoms with E-state index in [2.05, 4.69) is 5.32 Å². The van der Waals surface area contributed by atoms with Crippen molar-refractivity contribution in [2.75, 3.05) is 5.32 Å². The van der Waals surface area contributed by atoms with Crippen molar-refractivity contribution in [1.82, 2.24) is 0 Å². The number of hydrogen-bond donors (Lipinski definition) is 2. The lowest BCUT2D eigenvalue weighted by molar-refractivity contribution is 0.0696. The minimum Gasteiger partial charge on any atom is -0.478 e. The summed E-state index contributed by atoms with van der Waals surface area (Å²) in [6, 6.07) is 15.0. The third kappa shape index (κ3) is 4.10. The number of anilines is 1. The number of rotatable bonds is 4. The van der Waals surface area contributed by atoms with E-state index in [1.54, 1.807) is 12.1 Å². The molecule has 3 rings (SSSR count). The van der Waals surface area contributed by atoms with Gasteiger partial charge in [-0.3, -0.25) is 4.79 Å². The molecule has 0 saturated carbocycles. The van der Waals surface area contributed by atoms with Gasteiger partial charge in [0.2, 0.25) is 0 Å². The van der Waals surface area contributed by atoms with Crippen LogP contribution in [-0.2, 0) is 0 Å². The van der Waals surface area contributed by atoms with E-state index in [9.17, 15) is 9.59 Å². The number of benzene rings is 3. The minimum absolute atomic E-state index is 0.0782. The summed E-state index contributed by atoms with van der Waals surface area (Å²) in [5, 5.41) is 11.9. The van der Waals surface area contributed by atoms with E-state index in [1.807, 2.05) is 30.3 Å². The van der Waals surface area contributed by atoms with Crippen molar-refractivity contribution < 1.29 is 14.7 Å². The molecule has 8 heteroatoms. The molecular weight excluding hydrogens is 444 g/mol. The Morgan fingerprint density at radius 3 is 2.00 bits per heavy atom. The predicted octanol–water partition coefficient (Wildman–Crippen LogP) is 6.92. The SMILES string of the molecule is O=C(O)c1cc(Cl)c(C(=O)Nc2c(Cl)ccc(-c3ccccc3)c2Cl)c(Cl)c1. The highest BCUT2D eigenvalue weighted by Gasteiger charge is 2.21. The lowest BCUT2D eigenvalue weighted by Gasteiger charge is -2.14. The van der Waals surface area contributed by atoms with Crippen LogP contribution in [0.4, 0.5) is 5.69 Å². The third-order valence-electron chi connectivity index (χ3n) is 3.93. The highest BCUT2D eigenvalue weighted by atomic mass is 35.5. The van der Waals surface area contributed by atoms with E-state index in [0.717, 1.165) is 17.7 Å². The van der Waals surface area contributed by atoms with Crippen molar-refractivity contribution in [1.29, 1.82) is 0 Å². The van der Waals surface area contributed by atoms with Crippen LogP contribution in [0.3, 0.4) is 0 Å². The number of amides is 1. The molecule has 0 spiro atoms. The van der Waals surface area contributed by atoms with Crippen LogP contribution in [0.1, 0.15) is 20.7 Å². The summed E-state index contributed by atoms with van der Waals surface area (Å²) < 4.78 is 0. The smallest absolute Gasteiger partial charge is 0.335 e. The molecule has 0 aliphatic carbocycles. The van der Waals surface area contributed by atoms with E-state index < -0.39 is 11.9 Å². The predicted molar refractivity (Wildman–Crippen MR) is 113 cm³/mol. The standard InChI is InChI=1S/C20H11Cl4NO3/c21-13-7-6-12(10-4-2-1-3-5-10)17(24)18(13)25-19(26)16-14(22)8-11(20(27)28)9-15(16)23/h1-9H,(H,25,26)(H,27,28). The summed E-state index contributed by atoms with van der Waals surface area (Å²) in [5.41, 5.74) is 1.52. The van der Waals surface area contributed by atoms with Gasteiger partial charge < -0.3 is 10.4 Å². The van der Waals surface area contributed by atoms with Crippen molar-refractivity contribution in [3.05, 3.63) is 85.8 Å². The molecule has 0 fully saturated rings. The maximum Gasteiger partial charge on any atom is 0.335 e. The molecule has 4 nitrogen and oxygen atoms in total. The molecule has 0 atom stereocenters. The molecule has 3 aromatic rings. The molecular formula is C20H11Cl4NO3. The Morgan fingerprint density at radius 2 is 1.43 bits per heavy atom. The largest absolute Gasteiger partial charge is 0.478 e. The number of carboxylic acid groups (broad SMARTS) is 1. The Kier molecular flexibility index (Phi) is 6.16. The van der Waals surface area contributed by atoms with Gasteiger partial charge in [-0.25, -0.2) is 4.79 Å². The lowest BCUT2D eigenvalue weighted by atomic mass is 10.0. The van der Waals surface area contributed by atoms with Crippen LogP contribution in [0.25, 0.3) is 11.1 Å². The number of carbonyl (C=O) groups excluding carboxylic acids is 1. The van der Waals surface area contributed by atoms with E-state index in [1.165, 1.54) is 0 Å². The molecule has 2 N–H and O–H groups in total. The maximum absolute atomic E-state index is 12.7. The topological polar surface area (TPSA) is 66.4 Å². The van der Waals surface area contributed by atoms with Gasteiger partial charge in [-0.15, -0.1) is 0 Å². The maximum atomic E-state index is 12.7. The fourth-order valence-electron chi connectivity index (χ4n) is 2.60. The van der Waals surface area contributed by atoms with E-state index in [0.29, 0.717) is 5.56 Å².